The quantitative estimate of drug-likeness (QED) is 0.706. The summed E-state index contributed by atoms with van der Waals surface area (Å²) in [5.74, 6) is 0. The highest BCUT2D eigenvalue weighted by molar-refractivity contribution is 5.29. The van der Waals surface area contributed by atoms with Gasteiger partial charge in [0.2, 0.25) is 0 Å². The van der Waals surface area contributed by atoms with Gasteiger partial charge >= 0.3 is 0 Å². The summed E-state index contributed by atoms with van der Waals surface area (Å²) in [7, 11) is 4.04. The van der Waals surface area contributed by atoms with Gasteiger partial charge in [0.15, 0.2) is 0 Å². The van der Waals surface area contributed by atoms with Gasteiger partial charge in [-0.2, -0.15) is 5.10 Å². The molecule has 1 aliphatic rings. The molecular formula is C9H15N3. The topological polar surface area (TPSA) is 29.9 Å². The fraction of sp³-hybridized carbons (Fsp3) is 0.667. The van der Waals surface area contributed by atoms with Crippen LogP contribution in [0.1, 0.15) is 24.1 Å². The summed E-state index contributed by atoms with van der Waals surface area (Å²) in [5.41, 5.74) is 2.89. The lowest BCUT2D eigenvalue weighted by molar-refractivity contribution is 0.524. The van der Waals surface area contributed by atoms with Crippen molar-refractivity contribution in [3.8, 4) is 0 Å². The first-order chi connectivity index (χ1) is 5.69. The van der Waals surface area contributed by atoms with E-state index in [1.807, 2.05) is 25.0 Å². The molecule has 0 radical (unpaired) electrons. The predicted octanol–water partition coefficient (Wildman–Crippen LogP) is 0.937. The van der Waals surface area contributed by atoms with Gasteiger partial charge in [-0.15, -0.1) is 0 Å². The van der Waals surface area contributed by atoms with E-state index in [1.165, 1.54) is 24.1 Å². The molecule has 0 bridgehead atoms. The van der Waals surface area contributed by atoms with Crippen LogP contribution in [-0.2, 0) is 12.6 Å². The fourth-order valence-electron chi connectivity index (χ4n) is 1.96. The van der Waals surface area contributed by atoms with Gasteiger partial charge in [-0.1, -0.05) is 0 Å². The van der Waals surface area contributed by atoms with Crippen LogP contribution in [0.25, 0.3) is 0 Å². The number of aromatic nitrogens is 2. The number of aryl methyl sites for hydroxylation is 2. The Hall–Kier alpha value is -0.830. The number of nitrogens with zero attached hydrogens (tertiary/aromatic N) is 2. The molecule has 3 nitrogen and oxygen atoms in total. The highest BCUT2D eigenvalue weighted by Gasteiger charge is 2.45. The van der Waals surface area contributed by atoms with Crippen molar-refractivity contribution in [3.63, 3.8) is 0 Å². The number of hydrogen-bond acceptors (Lipinski definition) is 2. The zero-order valence-corrected chi connectivity index (χ0v) is 7.89. The molecule has 0 spiro atoms. The molecular weight excluding hydrogens is 150 g/mol. The van der Waals surface area contributed by atoms with Crippen LogP contribution in [-0.4, -0.2) is 16.8 Å². The van der Waals surface area contributed by atoms with E-state index in [2.05, 4.69) is 17.3 Å². The zero-order chi connectivity index (χ0) is 8.77. The molecule has 12 heavy (non-hydrogen) atoms. The largest absolute Gasteiger partial charge is 0.309 e. The van der Waals surface area contributed by atoms with Crippen molar-refractivity contribution in [1.29, 1.82) is 0 Å². The first-order valence-electron chi connectivity index (χ1n) is 4.37. The molecule has 1 heterocycles. The minimum Gasteiger partial charge on any atom is -0.309 e. The predicted molar refractivity (Wildman–Crippen MR) is 47.9 cm³/mol. The second-order valence-corrected chi connectivity index (χ2v) is 3.63. The average Bonchev–Trinajstić information content (AvgIpc) is 2.77. The molecule has 1 fully saturated rings. The second kappa shape index (κ2) is 2.33. The SMILES string of the molecule is CNC1(c2c(C)cnn2C)CC1. The maximum absolute atomic E-state index is 4.25. The molecule has 1 saturated carbocycles. The molecule has 0 amide bonds. The maximum atomic E-state index is 4.25. The lowest BCUT2D eigenvalue weighted by Gasteiger charge is -2.15. The van der Waals surface area contributed by atoms with Crippen LogP contribution in [0, 0.1) is 6.92 Å². The van der Waals surface area contributed by atoms with E-state index in [-0.39, 0.29) is 5.54 Å². The summed E-state index contributed by atoms with van der Waals surface area (Å²) in [6.07, 6.45) is 4.42. The highest BCUT2D eigenvalue weighted by atomic mass is 15.3. The first-order valence-corrected chi connectivity index (χ1v) is 4.37. The van der Waals surface area contributed by atoms with Crippen LogP contribution in [0.3, 0.4) is 0 Å². The van der Waals surface area contributed by atoms with E-state index in [4.69, 9.17) is 0 Å². The van der Waals surface area contributed by atoms with Gasteiger partial charge in [0.25, 0.3) is 0 Å². The highest BCUT2D eigenvalue weighted by Crippen LogP contribution is 2.45. The molecule has 0 saturated heterocycles. The van der Waals surface area contributed by atoms with E-state index < -0.39 is 0 Å². The summed E-state index contributed by atoms with van der Waals surface area (Å²) >= 11 is 0. The first kappa shape index (κ1) is 7.80. The monoisotopic (exact) mass is 165 g/mol. The van der Waals surface area contributed by atoms with Crippen molar-refractivity contribution < 1.29 is 0 Å². The van der Waals surface area contributed by atoms with Gasteiger partial charge in [0.1, 0.15) is 0 Å². The molecule has 1 aromatic heterocycles. The van der Waals surface area contributed by atoms with E-state index in [0.717, 1.165) is 0 Å². The molecule has 2 rings (SSSR count). The fourth-order valence-corrected chi connectivity index (χ4v) is 1.96. The Kier molecular flexibility index (Phi) is 1.51. The van der Waals surface area contributed by atoms with Crippen LogP contribution in [0.15, 0.2) is 6.20 Å². The third kappa shape index (κ3) is 0.894. The average molecular weight is 165 g/mol. The van der Waals surface area contributed by atoms with Crippen molar-refractivity contribution in [2.45, 2.75) is 25.3 Å². The van der Waals surface area contributed by atoms with Gasteiger partial charge in [0.05, 0.1) is 17.4 Å². The smallest absolute Gasteiger partial charge is 0.0610 e. The summed E-state index contributed by atoms with van der Waals surface area (Å²) < 4.78 is 1.98. The standard InChI is InChI=1S/C9H15N3/c1-7-6-11-12(3)8(7)9(10-2)4-5-9/h6,10H,4-5H2,1-3H3. The number of nitrogens with one attached hydrogen (secondary N) is 1. The third-order valence-corrected chi connectivity index (χ3v) is 2.80. The van der Waals surface area contributed by atoms with E-state index in [9.17, 15) is 0 Å². The Morgan fingerprint density at radius 1 is 1.58 bits per heavy atom. The summed E-state index contributed by atoms with van der Waals surface area (Å²) in [6.45, 7) is 2.12. The lowest BCUT2D eigenvalue weighted by Crippen LogP contribution is -2.27. The Morgan fingerprint density at radius 2 is 2.25 bits per heavy atom. The zero-order valence-electron chi connectivity index (χ0n) is 7.89. The molecule has 3 heteroatoms. The minimum absolute atomic E-state index is 0.245. The molecule has 1 aromatic rings. The van der Waals surface area contributed by atoms with Crippen molar-refractivity contribution in [3.05, 3.63) is 17.5 Å². The maximum Gasteiger partial charge on any atom is 0.0610 e. The number of hydrogen-bond donors (Lipinski definition) is 1. The Morgan fingerprint density at radius 3 is 2.58 bits per heavy atom. The summed E-state index contributed by atoms with van der Waals surface area (Å²) in [6, 6.07) is 0. The molecule has 1 aliphatic carbocycles. The molecule has 0 aromatic carbocycles. The van der Waals surface area contributed by atoms with Crippen molar-refractivity contribution >= 4 is 0 Å². The van der Waals surface area contributed by atoms with Gasteiger partial charge in [0, 0.05) is 7.05 Å². The van der Waals surface area contributed by atoms with Crippen molar-refractivity contribution in [2.24, 2.45) is 7.05 Å². The van der Waals surface area contributed by atoms with Gasteiger partial charge in [-0.25, -0.2) is 0 Å². The minimum atomic E-state index is 0.245. The van der Waals surface area contributed by atoms with E-state index in [1.54, 1.807) is 0 Å². The van der Waals surface area contributed by atoms with Crippen LogP contribution in [0.5, 0.6) is 0 Å². The Balaban J connectivity index is 2.45. The van der Waals surface area contributed by atoms with Crippen molar-refractivity contribution in [2.75, 3.05) is 7.05 Å². The molecule has 1 N–H and O–H groups in total. The second-order valence-electron chi connectivity index (χ2n) is 3.63. The van der Waals surface area contributed by atoms with Gasteiger partial charge in [-0.05, 0) is 32.4 Å². The van der Waals surface area contributed by atoms with Gasteiger partial charge < -0.3 is 5.32 Å². The Bertz CT molecular complexity index is 277. The third-order valence-electron chi connectivity index (χ3n) is 2.80. The van der Waals surface area contributed by atoms with Crippen molar-refractivity contribution in [1.82, 2.24) is 15.1 Å². The van der Waals surface area contributed by atoms with E-state index >= 15 is 0 Å². The van der Waals surface area contributed by atoms with E-state index in [0.29, 0.717) is 0 Å². The molecule has 0 unspecified atom stereocenters. The molecule has 0 aliphatic heterocycles. The van der Waals surface area contributed by atoms with Crippen LogP contribution in [0.4, 0.5) is 0 Å². The van der Waals surface area contributed by atoms with Gasteiger partial charge in [-0.3, -0.25) is 4.68 Å². The lowest BCUT2D eigenvalue weighted by atomic mass is 10.1. The normalized spacial score (nSPS) is 19.6. The molecule has 0 atom stereocenters. The van der Waals surface area contributed by atoms with Crippen LogP contribution >= 0.6 is 0 Å². The summed E-state index contributed by atoms with van der Waals surface area (Å²) in [4.78, 5) is 0. The van der Waals surface area contributed by atoms with Crippen LogP contribution < -0.4 is 5.32 Å². The Labute approximate surface area is 72.8 Å². The van der Waals surface area contributed by atoms with Crippen LogP contribution in [0.2, 0.25) is 0 Å². The molecule has 66 valence electrons. The summed E-state index contributed by atoms with van der Waals surface area (Å²) in [5, 5.41) is 7.62. The number of rotatable bonds is 2.